The number of esters is 1. The minimum absolute atomic E-state index is 0.116. The van der Waals surface area contributed by atoms with E-state index >= 15 is 0 Å². The standard InChI is InChI=1S/C11H16O2/c12-11-9-4-2-1-3-7-5-8(13-11)6-10(7)9/h7-10H,1-6H2. The monoisotopic (exact) mass is 180 g/mol. The van der Waals surface area contributed by atoms with E-state index < -0.39 is 0 Å². The normalized spacial score (nSPS) is 48.5. The highest BCUT2D eigenvalue weighted by Crippen LogP contribution is 2.48. The number of carbonyl (C=O) groups excluding carboxylic acids is 1. The maximum Gasteiger partial charge on any atom is 0.309 e. The molecule has 0 aromatic heterocycles. The molecule has 0 radical (unpaired) electrons. The van der Waals surface area contributed by atoms with Crippen LogP contribution in [0.2, 0.25) is 0 Å². The topological polar surface area (TPSA) is 26.3 Å². The average molecular weight is 180 g/mol. The zero-order chi connectivity index (χ0) is 8.84. The largest absolute Gasteiger partial charge is 0.462 e. The third-order valence-corrected chi connectivity index (χ3v) is 4.15. The molecule has 2 aliphatic carbocycles. The van der Waals surface area contributed by atoms with Gasteiger partial charge in [0.05, 0.1) is 5.92 Å². The third-order valence-electron chi connectivity index (χ3n) is 4.15. The summed E-state index contributed by atoms with van der Waals surface area (Å²) in [7, 11) is 0. The molecular weight excluding hydrogens is 164 g/mol. The molecule has 3 rings (SSSR count). The lowest BCUT2D eigenvalue weighted by molar-refractivity contribution is -0.160. The molecule has 0 aromatic carbocycles. The second kappa shape index (κ2) is 2.73. The summed E-state index contributed by atoms with van der Waals surface area (Å²) in [5, 5.41) is 0. The number of hydrogen-bond donors (Lipinski definition) is 0. The van der Waals surface area contributed by atoms with Crippen molar-refractivity contribution in [3.63, 3.8) is 0 Å². The van der Waals surface area contributed by atoms with Crippen LogP contribution >= 0.6 is 0 Å². The van der Waals surface area contributed by atoms with E-state index in [4.69, 9.17) is 4.74 Å². The molecule has 2 saturated carbocycles. The van der Waals surface area contributed by atoms with Crippen LogP contribution < -0.4 is 0 Å². The van der Waals surface area contributed by atoms with Crippen LogP contribution in [0.15, 0.2) is 0 Å². The smallest absolute Gasteiger partial charge is 0.309 e. The van der Waals surface area contributed by atoms with Gasteiger partial charge in [0.1, 0.15) is 6.10 Å². The Bertz CT molecular complexity index is 234. The van der Waals surface area contributed by atoms with Gasteiger partial charge in [0.2, 0.25) is 0 Å². The quantitative estimate of drug-likeness (QED) is 0.534. The minimum Gasteiger partial charge on any atom is -0.462 e. The Morgan fingerprint density at radius 2 is 2.00 bits per heavy atom. The summed E-state index contributed by atoms with van der Waals surface area (Å²) in [6.07, 6.45) is 7.61. The van der Waals surface area contributed by atoms with E-state index in [0.29, 0.717) is 5.92 Å². The van der Waals surface area contributed by atoms with Crippen molar-refractivity contribution in [1.29, 1.82) is 0 Å². The first-order valence-electron chi connectivity index (χ1n) is 5.55. The summed E-state index contributed by atoms with van der Waals surface area (Å²) in [4.78, 5) is 11.6. The van der Waals surface area contributed by atoms with Crippen molar-refractivity contribution in [2.24, 2.45) is 17.8 Å². The van der Waals surface area contributed by atoms with Gasteiger partial charge in [0.25, 0.3) is 0 Å². The molecule has 1 saturated heterocycles. The Balaban J connectivity index is 1.92. The molecule has 2 nitrogen and oxygen atoms in total. The molecule has 2 heteroatoms. The molecule has 4 unspecified atom stereocenters. The predicted octanol–water partition coefficient (Wildman–Crippen LogP) is 2.13. The van der Waals surface area contributed by atoms with Gasteiger partial charge in [-0.3, -0.25) is 4.79 Å². The van der Waals surface area contributed by atoms with E-state index in [-0.39, 0.29) is 18.0 Å². The van der Waals surface area contributed by atoms with Crippen LogP contribution in [0, 0.1) is 17.8 Å². The molecule has 4 atom stereocenters. The second-order valence-corrected chi connectivity index (χ2v) is 4.85. The first-order chi connectivity index (χ1) is 6.34. The van der Waals surface area contributed by atoms with E-state index in [1.165, 1.54) is 25.7 Å². The lowest BCUT2D eigenvalue weighted by Gasteiger charge is -2.27. The van der Waals surface area contributed by atoms with Crippen LogP contribution in [0.25, 0.3) is 0 Å². The van der Waals surface area contributed by atoms with Crippen LogP contribution in [-0.4, -0.2) is 12.1 Å². The molecule has 1 aliphatic heterocycles. The van der Waals surface area contributed by atoms with Crippen LogP contribution in [-0.2, 0) is 9.53 Å². The molecule has 0 N–H and O–H groups in total. The van der Waals surface area contributed by atoms with E-state index in [2.05, 4.69) is 0 Å². The number of fused-ring (bicyclic) bond motifs is 1. The summed E-state index contributed by atoms with van der Waals surface area (Å²) < 4.78 is 5.41. The van der Waals surface area contributed by atoms with Gasteiger partial charge in [0, 0.05) is 0 Å². The van der Waals surface area contributed by atoms with Crippen molar-refractivity contribution in [3.8, 4) is 0 Å². The molecule has 3 aliphatic rings. The summed E-state index contributed by atoms with van der Waals surface area (Å²) in [5.74, 6) is 1.88. The highest BCUT2D eigenvalue weighted by molar-refractivity contribution is 5.74. The Morgan fingerprint density at radius 1 is 1.15 bits per heavy atom. The van der Waals surface area contributed by atoms with Crippen LogP contribution in [0.1, 0.15) is 38.5 Å². The van der Waals surface area contributed by atoms with Crippen molar-refractivity contribution in [2.75, 3.05) is 0 Å². The summed E-state index contributed by atoms with van der Waals surface area (Å²) in [6, 6.07) is 0. The van der Waals surface area contributed by atoms with Crippen LogP contribution in [0.5, 0.6) is 0 Å². The SMILES string of the molecule is O=C1OC2CC3CCCCC1C3C2. The Kier molecular flexibility index (Phi) is 1.64. The van der Waals surface area contributed by atoms with Gasteiger partial charge in [-0.25, -0.2) is 0 Å². The lowest BCUT2D eigenvalue weighted by atomic mass is 9.82. The van der Waals surface area contributed by atoms with Crippen molar-refractivity contribution in [2.45, 2.75) is 44.6 Å². The molecular formula is C11H16O2. The lowest BCUT2D eigenvalue weighted by Crippen LogP contribution is -2.32. The fourth-order valence-corrected chi connectivity index (χ4v) is 3.55. The Labute approximate surface area is 78.6 Å². The maximum absolute atomic E-state index is 11.6. The summed E-state index contributed by atoms with van der Waals surface area (Å²) >= 11 is 0. The molecule has 2 bridgehead atoms. The Hall–Kier alpha value is -0.530. The molecule has 13 heavy (non-hydrogen) atoms. The predicted molar refractivity (Wildman–Crippen MR) is 48.1 cm³/mol. The number of rotatable bonds is 0. The maximum atomic E-state index is 11.6. The van der Waals surface area contributed by atoms with Crippen molar-refractivity contribution in [3.05, 3.63) is 0 Å². The number of ether oxygens (including phenoxy) is 1. The summed E-state index contributed by atoms with van der Waals surface area (Å²) in [5.41, 5.74) is 0. The van der Waals surface area contributed by atoms with Crippen LogP contribution in [0.3, 0.4) is 0 Å². The van der Waals surface area contributed by atoms with Gasteiger partial charge in [0.15, 0.2) is 0 Å². The number of hydrogen-bond acceptors (Lipinski definition) is 2. The molecule has 72 valence electrons. The van der Waals surface area contributed by atoms with Gasteiger partial charge in [-0.2, -0.15) is 0 Å². The minimum atomic E-state index is 0.116. The van der Waals surface area contributed by atoms with Crippen LogP contribution in [0.4, 0.5) is 0 Å². The van der Waals surface area contributed by atoms with Gasteiger partial charge in [-0.15, -0.1) is 0 Å². The van der Waals surface area contributed by atoms with Crippen molar-refractivity contribution >= 4 is 5.97 Å². The fourth-order valence-electron chi connectivity index (χ4n) is 3.55. The van der Waals surface area contributed by atoms with Gasteiger partial charge < -0.3 is 4.74 Å². The highest BCUT2D eigenvalue weighted by atomic mass is 16.5. The first-order valence-corrected chi connectivity index (χ1v) is 5.55. The molecule has 0 spiro atoms. The van der Waals surface area contributed by atoms with E-state index in [1.807, 2.05) is 0 Å². The average Bonchev–Trinajstić information content (AvgIpc) is 2.31. The molecule has 0 aromatic rings. The fraction of sp³-hybridized carbons (Fsp3) is 0.909. The van der Waals surface area contributed by atoms with Gasteiger partial charge in [-0.05, 0) is 31.1 Å². The van der Waals surface area contributed by atoms with E-state index in [9.17, 15) is 4.79 Å². The second-order valence-electron chi connectivity index (χ2n) is 4.85. The molecule has 1 heterocycles. The molecule has 0 amide bonds. The van der Waals surface area contributed by atoms with Gasteiger partial charge >= 0.3 is 5.97 Å². The zero-order valence-electron chi connectivity index (χ0n) is 7.87. The first kappa shape index (κ1) is 7.84. The van der Waals surface area contributed by atoms with E-state index in [0.717, 1.165) is 18.8 Å². The Morgan fingerprint density at radius 3 is 2.92 bits per heavy atom. The highest BCUT2D eigenvalue weighted by Gasteiger charge is 2.48. The third kappa shape index (κ3) is 1.11. The van der Waals surface area contributed by atoms with Crippen molar-refractivity contribution in [1.82, 2.24) is 0 Å². The number of carbonyl (C=O) groups is 1. The van der Waals surface area contributed by atoms with Gasteiger partial charge in [-0.1, -0.05) is 19.3 Å². The van der Waals surface area contributed by atoms with E-state index in [1.54, 1.807) is 0 Å². The summed E-state index contributed by atoms with van der Waals surface area (Å²) in [6.45, 7) is 0. The molecule has 3 fully saturated rings. The van der Waals surface area contributed by atoms with Crippen molar-refractivity contribution < 1.29 is 9.53 Å². The zero-order valence-corrected chi connectivity index (χ0v) is 7.87.